The highest BCUT2D eigenvalue weighted by Crippen LogP contribution is 2.02. The van der Waals surface area contributed by atoms with E-state index in [4.69, 9.17) is 0 Å². The van der Waals surface area contributed by atoms with Crippen LogP contribution in [-0.4, -0.2) is 17.6 Å². The van der Waals surface area contributed by atoms with Crippen LogP contribution in [0.4, 0.5) is 0 Å². The van der Waals surface area contributed by atoms with Crippen molar-refractivity contribution in [1.82, 2.24) is 5.32 Å². The molecule has 0 saturated heterocycles. The number of imide groups is 1. The summed E-state index contributed by atoms with van der Waals surface area (Å²) in [7, 11) is 0. The summed E-state index contributed by atoms with van der Waals surface area (Å²) in [6.45, 7) is 3.21. The Balaban J connectivity index is 2.62. The number of hydrogen-bond acceptors (Lipinski definition) is 3. The molecule has 0 radical (unpaired) electrons. The summed E-state index contributed by atoms with van der Waals surface area (Å²) in [5.74, 6) is -1.32. The van der Waals surface area contributed by atoms with Gasteiger partial charge in [0.15, 0.2) is 0 Å². The summed E-state index contributed by atoms with van der Waals surface area (Å²) in [6.07, 6.45) is -0.266. The second kappa shape index (κ2) is 5.21. The Kier molecular flexibility index (Phi) is 3.94. The highest BCUT2D eigenvalue weighted by Gasteiger charge is 2.11. The fourth-order valence-electron chi connectivity index (χ4n) is 1.17. The molecule has 0 aliphatic rings. The lowest BCUT2D eigenvalue weighted by atomic mass is 10.1. The van der Waals surface area contributed by atoms with Gasteiger partial charge in [-0.3, -0.25) is 19.7 Å². The molecule has 0 saturated carbocycles. The van der Waals surface area contributed by atoms with Crippen LogP contribution in [0.1, 0.15) is 29.3 Å². The van der Waals surface area contributed by atoms with Crippen LogP contribution in [0.15, 0.2) is 24.3 Å². The van der Waals surface area contributed by atoms with Crippen LogP contribution >= 0.6 is 0 Å². The van der Waals surface area contributed by atoms with Gasteiger partial charge in [-0.25, -0.2) is 0 Å². The fourth-order valence-corrected chi connectivity index (χ4v) is 1.17. The lowest BCUT2D eigenvalue weighted by molar-refractivity contribution is -0.126. The third-order valence-corrected chi connectivity index (χ3v) is 1.98. The normalized spacial score (nSPS) is 9.62. The summed E-state index contributed by atoms with van der Waals surface area (Å²) < 4.78 is 0. The Hall–Kier alpha value is -1.97. The summed E-state index contributed by atoms with van der Waals surface area (Å²) in [4.78, 5) is 33.3. The molecule has 2 amide bonds. The number of ketones is 1. The van der Waals surface area contributed by atoms with Crippen molar-refractivity contribution in [2.24, 2.45) is 0 Å². The number of hydrogen-bond donors (Lipinski definition) is 1. The molecule has 0 fully saturated rings. The summed E-state index contributed by atoms with van der Waals surface area (Å²) in [5.41, 5.74) is 1.44. The van der Waals surface area contributed by atoms with Gasteiger partial charge in [0.1, 0.15) is 5.78 Å². The fraction of sp³-hybridized carbons (Fsp3) is 0.250. The van der Waals surface area contributed by atoms with Crippen molar-refractivity contribution < 1.29 is 14.4 Å². The molecule has 16 heavy (non-hydrogen) atoms. The lowest BCUT2D eigenvalue weighted by Crippen LogP contribution is -2.31. The number of aryl methyl sites for hydroxylation is 1. The topological polar surface area (TPSA) is 63.2 Å². The van der Waals surface area contributed by atoms with Crippen molar-refractivity contribution in [2.75, 3.05) is 0 Å². The van der Waals surface area contributed by atoms with Crippen molar-refractivity contribution in [3.05, 3.63) is 35.4 Å². The first-order valence-corrected chi connectivity index (χ1v) is 4.89. The molecule has 0 aliphatic carbocycles. The van der Waals surface area contributed by atoms with Gasteiger partial charge >= 0.3 is 0 Å². The van der Waals surface area contributed by atoms with Crippen LogP contribution in [0.3, 0.4) is 0 Å². The number of nitrogens with one attached hydrogen (secondary N) is 1. The summed E-state index contributed by atoms with van der Waals surface area (Å²) in [6, 6.07) is 6.83. The van der Waals surface area contributed by atoms with Gasteiger partial charge in [0, 0.05) is 5.56 Å². The van der Waals surface area contributed by atoms with Crippen molar-refractivity contribution in [3.8, 4) is 0 Å². The van der Waals surface area contributed by atoms with Crippen LogP contribution in [0.5, 0.6) is 0 Å². The van der Waals surface area contributed by atoms with Crippen molar-refractivity contribution >= 4 is 17.6 Å². The second-order valence-electron chi connectivity index (χ2n) is 3.62. The van der Waals surface area contributed by atoms with Crippen molar-refractivity contribution in [1.29, 1.82) is 0 Å². The van der Waals surface area contributed by atoms with Crippen molar-refractivity contribution in [3.63, 3.8) is 0 Å². The van der Waals surface area contributed by atoms with Crippen LogP contribution < -0.4 is 5.32 Å². The molecule has 0 atom stereocenters. The van der Waals surface area contributed by atoms with E-state index in [1.807, 2.05) is 6.92 Å². The van der Waals surface area contributed by atoms with Gasteiger partial charge < -0.3 is 0 Å². The first-order valence-electron chi connectivity index (χ1n) is 4.89. The molecule has 1 aromatic carbocycles. The van der Waals surface area contributed by atoms with Gasteiger partial charge in [-0.1, -0.05) is 17.7 Å². The van der Waals surface area contributed by atoms with E-state index in [-0.39, 0.29) is 12.2 Å². The van der Waals surface area contributed by atoms with Gasteiger partial charge in [0.2, 0.25) is 5.91 Å². The van der Waals surface area contributed by atoms with E-state index in [0.717, 1.165) is 5.56 Å². The first kappa shape index (κ1) is 12.1. The monoisotopic (exact) mass is 219 g/mol. The molecule has 0 unspecified atom stereocenters. The molecule has 0 aromatic heterocycles. The van der Waals surface area contributed by atoms with E-state index in [0.29, 0.717) is 5.56 Å². The molecule has 0 aliphatic heterocycles. The maximum absolute atomic E-state index is 11.5. The maximum Gasteiger partial charge on any atom is 0.257 e. The van der Waals surface area contributed by atoms with Crippen molar-refractivity contribution in [2.45, 2.75) is 20.3 Å². The average molecular weight is 219 g/mol. The standard InChI is InChI=1S/C12H13NO3/c1-8-3-5-10(6-4-8)12(16)13-11(15)7-9(2)14/h3-6H,7H2,1-2H3,(H,13,15,16). The molecule has 84 valence electrons. The molecule has 0 spiro atoms. The zero-order chi connectivity index (χ0) is 12.1. The SMILES string of the molecule is CC(=O)CC(=O)NC(=O)c1ccc(C)cc1. The highest BCUT2D eigenvalue weighted by atomic mass is 16.2. The van der Waals surface area contributed by atoms with Gasteiger partial charge in [0.25, 0.3) is 5.91 Å². The number of carbonyl (C=O) groups is 3. The first-order chi connectivity index (χ1) is 7.49. The van der Waals surface area contributed by atoms with E-state index in [1.165, 1.54) is 6.92 Å². The zero-order valence-electron chi connectivity index (χ0n) is 9.24. The Morgan fingerprint density at radius 2 is 1.69 bits per heavy atom. The van der Waals surface area contributed by atoms with Gasteiger partial charge in [0.05, 0.1) is 6.42 Å². The Morgan fingerprint density at radius 3 is 2.19 bits per heavy atom. The largest absolute Gasteiger partial charge is 0.299 e. The van der Waals surface area contributed by atoms with Gasteiger partial charge in [-0.05, 0) is 26.0 Å². The summed E-state index contributed by atoms with van der Waals surface area (Å²) >= 11 is 0. The van der Waals surface area contributed by atoms with E-state index >= 15 is 0 Å². The van der Waals surface area contributed by atoms with Crippen LogP contribution in [-0.2, 0) is 9.59 Å². The Bertz CT molecular complexity index is 420. The van der Waals surface area contributed by atoms with Crippen LogP contribution in [0, 0.1) is 6.92 Å². The second-order valence-corrected chi connectivity index (χ2v) is 3.62. The molecule has 0 bridgehead atoms. The molecule has 1 aromatic rings. The summed E-state index contributed by atoms with van der Waals surface area (Å²) in [5, 5.41) is 2.15. The Morgan fingerprint density at radius 1 is 1.12 bits per heavy atom. The quantitative estimate of drug-likeness (QED) is 0.778. The minimum absolute atomic E-state index is 0.266. The third-order valence-electron chi connectivity index (χ3n) is 1.98. The molecule has 0 heterocycles. The van der Waals surface area contributed by atoms with E-state index in [2.05, 4.69) is 5.32 Å². The molecular formula is C12H13NO3. The zero-order valence-corrected chi connectivity index (χ0v) is 9.24. The molecular weight excluding hydrogens is 206 g/mol. The number of amides is 2. The van der Waals surface area contributed by atoms with E-state index in [9.17, 15) is 14.4 Å². The number of carbonyl (C=O) groups excluding carboxylic acids is 3. The van der Waals surface area contributed by atoms with Crippen LogP contribution in [0.2, 0.25) is 0 Å². The molecule has 1 rings (SSSR count). The minimum atomic E-state index is -0.571. The van der Waals surface area contributed by atoms with Gasteiger partial charge in [-0.15, -0.1) is 0 Å². The average Bonchev–Trinajstić information content (AvgIpc) is 2.16. The number of rotatable bonds is 3. The third kappa shape index (κ3) is 3.65. The van der Waals surface area contributed by atoms with E-state index in [1.54, 1.807) is 24.3 Å². The number of Topliss-reactive ketones (excluding diaryl/α,β-unsaturated/α-hetero) is 1. The smallest absolute Gasteiger partial charge is 0.257 e. The predicted molar refractivity (Wildman–Crippen MR) is 59.0 cm³/mol. The molecule has 4 nitrogen and oxygen atoms in total. The van der Waals surface area contributed by atoms with Crippen LogP contribution in [0.25, 0.3) is 0 Å². The minimum Gasteiger partial charge on any atom is -0.299 e. The lowest BCUT2D eigenvalue weighted by Gasteiger charge is -2.02. The van der Waals surface area contributed by atoms with Gasteiger partial charge in [-0.2, -0.15) is 0 Å². The van der Waals surface area contributed by atoms with E-state index < -0.39 is 11.8 Å². The maximum atomic E-state index is 11.5. The number of benzene rings is 1. The predicted octanol–water partition coefficient (Wildman–Crippen LogP) is 1.23. The Labute approximate surface area is 93.7 Å². The molecule has 4 heteroatoms. The molecule has 1 N–H and O–H groups in total. The highest BCUT2D eigenvalue weighted by molar-refractivity contribution is 6.09.